The van der Waals surface area contributed by atoms with E-state index in [1.165, 1.54) is 86.6 Å². The van der Waals surface area contributed by atoms with E-state index in [1.54, 1.807) is 0 Å². The Kier molecular flexibility index (Phi) is 16.1. The number of hydrogen-bond donors (Lipinski definition) is 0. The largest absolute Gasteiger partial charge is 0.454 e. The average molecular weight is 1400 g/mol. The standard InChI is InChI=1S/C101H93N3OS/c1-96(2,3)66-38-40-71(41-39-66)101(72-50-60-75(61-51-72)102(73-52-42-67(43-53-73)97(4,5)6)74-54-44-68(45-55-74)98(7,8)9)82-63-87(104(77-58-48-70(49-59-77)100(13,14)15)85-35-25-29-65-27-17-19-31-79(65)85)94-91(80-32-20-22-36-88(80)105-94)92(82)93-83(101)62-86(90-81-33-21-23-37-89(81)106-95(90)93)103(76-56-46-69(47-57-76)99(10,11)12)84-34-24-28-64-26-16-18-30-78(64)84/h16-63H,1-15H3. The molecule has 0 radical (unpaired) electrons. The van der Waals surface area contributed by atoms with Gasteiger partial charge in [0.25, 0.3) is 0 Å². The molecule has 0 amide bonds. The molecule has 0 N–H and O–H groups in total. The van der Waals surface area contributed by atoms with Crippen LogP contribution in [0.3, 0.4) is 0 Å². The van der Waals surface area contributed by atoms with Gasteiger partial charge in [-0.05, 0) is 185 Å². The molecule has 14 aromatic carbocycles. The van der Waals surface area contributed by atoms with Crippen molar-refractivity contribution in [3.8, 4) is 11.1 Å². The molecular formula is C101H93N3OS. The Morgan fingerprint density at radius 1 is 0.283 bits per heavy atom. The van der Waals surface area contributed by atoms with Crippen LogP contribution in [-0.4, -0.2) is 0 Å². The molecule has 0 aliphatic heterocycles. The van der Waals surface area contributed by atoms with Crippen molar-refractivity contribution >= 4 is 126 Å². The molecule has 17 rings (SSSR count). The average Bonchev–Trinajstić information content (AvgIpc) is 1.50. The second kappa shape index (κ2) is 25.1. The fourth-order valence-corrected chi connectivity index (χ4v) is 18.0. The summed E-state index contributed by atoms with van der Waals surface area (Å²) in [6.45, 7) is 34.6. The monoisotopic (exact) mass is 1400 g/mol. The van der Waals surface area contributed by atoms with Crippen LogP contribution in [0.25, 0.3) is 74.8 Å². The van der Waals surface area contributed by atoms with Gasteiger partial charge in [0.2, 0.25) is 0 Å². The highest BCUT2D eigenvalue weighted by Crippen LogP contribution is 2.66. The lowest BCUT2D eigenvalue weighted by molar-refractivity contribution is 0.589. The van der Waals surface area contributed by atoms with Crippen LogP contribution in [0.5, 0.6) is 0 Å². The van der Waals surface area contributed by atoms with Crippen molar-refractivity contribution in [2.24, 2.45) is 0 Å². The minimum atomic E-state index is -1.02. The van der Waals surface area contributed by atoms with Crippen molar-refractivity contribution < 1.29 is 4.42 Å². The number of nitrogens with zero attached hydrogens (tertiary/aromatic N) is 3. The Labute approximate surface area is 629 Å². The lowest BCUT2D eigenvalue weighted by Crippen LogP contribution is -2.29. The highest BCUT2D eigenvalue weighted by Gasteiger charge is 2.51. The molecule has 0 bridgehead atoms. The molecule has 16 aromatic rings. The number of benzene rings is 14. The fourth-order valence-electron chi connectivity index (χ4n) is 16.7. The van der Waals surface area contributed by atoms with Gasteiger partial charge < -0.3 is 19.1 Å². The van der Waals surface area contributed by atoms with Gasteiger partial charge in [0.1, 0.15) is 5.58 Å². The van der Waals surface area contributed by atoms with Crippen LogP contribution < -0.4 is 14.7 Å². The summed E-state index contributed by atoms with van der Waals surface area (Å²) in [6.07, 6.45) is 0. The summed E-state index contributed by atoms with van der Waals surface area (Å²) in [4.78, 5) is 7.56. The van der Waals surface area contributed by atoms with Crippen LogP contribution in [0.15, 0.2) is 296 Å². The van der Waals surface area contributed by atoms with Crippen LogP contribution in [0.4, 0.5) is 51.2 Å². The maximum atomic E-state index is 7.72. The number of anilines is 9. The molecule has 5 heteroatoms. The van der Waals surface area contributed by atoms with Crippen molar-refractivity contribution in [2.45, 2.75) is 136 Å². The Morgan fingerprint density at radius 3 is 1.08 bits per heavy atom. The third-order valence-corrected chi connectivity index (χ3v) is 23.7. The number of thiophene rings is 1. The molecule has 524 valence electrons. The molecule has 1 unspecified atom stereocenters. The number of para-hydroxylation sites is 1. The van der Waals surface area contributed by atoms with Crippen molar-refractivity contribution in [1.82, 2.24) is 0 Å². The lowest BCUT2D eigenvalue weighted by Gasteiger charge is -2.37. The zero-order chi connectivity index (χ0) is 73.6. The minimum absolute atomic E-state index is 0.0201. The van der Waals surface area contributed by atoms with Gasteiger partial charge in [-0.15, -0.1) is 11.3 Å². The molecule has 4 nitrogen and oxygen atoms in total. The molecule has 0 spiro atoms. The fraction of sp³-hybridized carbons (Fsp3) is 0.208. The smallest absolute Gasteiger partial charge is 0.160 e. The molecule has 2 aromatic heterocycles. The molecule has 1 aliphatic carbocycles. The first-order chi connectivity index (χ1) is 50.7. The van der Waals surface area contributed by atoms with Gasteiger partial charge in [-0.3, -0.25) is 0 Å². The van der Waals surface area contributed by atoms with Gasteiger partial charge in [-0.2, -0.15) is 0 Å². The van der Waals surface area contributed by atoms with E-state index >= 15 is 0 Å². The first-order valence-corrected chi connectivity index (χ1v) is 38.5. The van der Waals surface area contributed by atoms with Gasteiger partial charge in [0.15, 0.2) is 5.58 Å². The summed E-state index contributed by atoms with van der Waals surface area (Å²) < 4.78 is 10.2. The van der Waals surface area contributed by atoms with Crippen LogP contribution in [0.2, 0.25) is 0 Å². The summed E-state index contributed by atoms with van der Waals surface area (Å²) in [7, 11) is 0. The van der Waals surface area contributed by atoms with E-state index in [9.17, 15) is 0 Å². The molecule has 0 saturated carbocycles. The van der Waals surface area contributed by atoms with E-state index in [0.29, 0.717) is 0 Å². The van der Waals surface area contributed by atoms with Gasteiger partial charge in [-0.1, -0.05) is 298 Å². The summed E-state index contributed by atoms with van der Waals surface area (Å²) >= 11 is 1.92. The Bertz CT molecular complexity index is 5990. The quantitative estimate of drug-likeness (QED) is 0.129. The van der Waals surface area contributed by atoms with E-state index in [2.05, 4.69) is 410 Å². The molecule has 0 fully saturated rings. The molecule has 1 aliphatic rings. The molecule has 2 heterocycles. The van der Waals surface area contributed by atoms with Crippen molar-refractivity contribution in [2.75, 3.05) is 14.7 Å². The number of furan rings is 1. The predicted octanol–water partition coefficient (Wildman–Crippen LogP) is 29.5. The van der Waals surface area contributed by atoms with Crippen molar-refractivity contribution in [3.63, 3.8) is 0 Å². The second-order valence-electron chi connectivity index (χ2n) is 34.6. The predicted molar refractivity (Wildman–Crippen MR) is 456 cm³/mol. The summed E-state index contributed by atoms with van der Waals surface area (Å²) in [5.74, 6) is 0. The second-order valence-corrected chi connectivity index (χ2v) is 35.6. The molecule has 1 atom stereocenters. The number of fused-ring (bicyclic) bond motifs is 13. The normalized spacial score (nSPS) is 14.2. The van der Waals surface area contributed by atoms with Crippen molar-refractivity contribution in [3.05, 3.63) is 341 Å². The topological polar surface area (TPSA) is 22.9 Å². The van der Waals surface area contributed by atoms with E-state index < -0.39 is 5.41 Å². The van der Waals surface area contributed by atoms with Crippen LogP contribution in [0, 0.1) is 0 Å². The first kappa shape index (κ1) is 68.1. The molecule has 0 saturated heterocycles. The zero-order valence-corrected chi connectivity index (χ0v) is 64.7. The van der Waals surface area contributed by atoms with Gasteiger partial charge >= 0.3 is 0 Å². The lowest BCUT2D eigenvalue weighted by atomic mass is 9.67. The SMILES string of the molecule is CC(C)(C)c1ccc(N(c2ccc(C(C)(C)C)cc2)c2ccc(C3(c4ccc(C(C)(C)C)cc4)c4cc(N(c5ccc(C(C)(C)C)cc5)c5cccc6ccccc56)c5c(sc6ccccc65)c4-c4c3cc(N(c3ccc(C(C)(C)C)cc3)c3cccc5ccccc35)c3oc5ccccc5c43)cc2)cc1. The van der Waals surface area contributed by atoms with Gasteiger partial charge in [-0.25, -0.2) is 0 Å². The summed E-state index contributed by atoms with van der Waals surface area (Å²) in [6, 6.07) is 111. The highest BCUT2D eigenvalue weighted by molar-refractivity contribution is 7.26. The molecular weight excluding hydrogens is 1300 g/mol. The van der Waals surface area contributed by atoms with Crippen molar-refractivity contribution in [1.29, 1.82) is 0 Å². The molecule has 106 heavy (non-hydrogen) atoms. The summed E-state index contributed by atoms with van der Waals surface area (Å²) in [5, 5.41) is 9.23. The maximum Gasteiger partial charge on any atom is 0.160 e. The van der Waals surface area contributed by atoms with Crippen LogP contribution in [0.1, 0.15) is 154 Å². The number of rotatable bonds is 11. The Balaban J connectivity index is 1.06. The van der Waals surface area contributed by atoms with E-state index in [4.69, 9.17) is 4.42 Å². The zero-order valence-electron chi connectivity index (χ0n) is 63.9. The van der Waals surface area contributed by atoms with E-state index in [-0.39, 0.29) is 27.1 Å². The third-order valence-electron chi connectivity index (χ3n) is 22.5. The Morgan fingerprint density at radius 2 is 0.623 bits per heavy atom. The third kappa shape index (κ3) is 11.4. The highest BCUT2D eigenvalue weighted by atomic mass is 32.1. The van der Waals surface area contributed by atoms with Crippen LogP contribution in [-0.2, 0) is 32.5 Å². The minimum Gasteiger partial charge on any atom is -0.454 e. The van der Waals surface area contributed by atoms with E-state index in [0.717, 1.165) is 89.5 Å². The maximum absolute atomic E-state index is 7.72. The van der Waals surface area contributed by atoms with Gasteiger partial charge in [0.05, 0.1) is 28.2 Å². The Hall–Kier alpha value is -11.0. The summed E-state index contributed by atoms with van der Waals surface area (Å²) in [5.41, 5.74) is 23.4. The van der Waals surface area contributed by atoms with E-state index in [1.807, 2.05) is 11.3 Å². The van der Waals surface area contributed by atoms with Crippen LogP contribution >= 0.6 is 11.3 Å². The number of hydrogen-bond acceptors (Lipinski definition) is 5. The first-order valence-electron chi connectivity index (χ1n) is 37.7. The van der Waals surface area contributed by atoms with Gasteiger partial charge in [0, 0.05) is 81.3 Å².